The van der Waals surface area contributed by atoms with Crippen LogP contribution in [0.15, 0.2) is 36.4 Å². The molecule has 1 aliphatic rings. The number of carbonyl (C=O) groups is 1. The Hall–Kier alpha value is -2.77. The van der Waals surface area contributed by atoms with Crippen LogP contribution in [-0.4, -0.2) is 56.2 Å². The predicted molar refractivity (Wildman–Crippen MR) is 127 cm³/mol. The Balaban J connectivity index is 1.39. The van der Waals surface area contributed by atoms with Crippen LogP contribution < -0.4 is 14.4 Å². The normalized spacial score (nSPS) is 14.5. The average Bonchev–Trinajstić information content (AvgIpc) is 3.25. The number of aryl methyl sites for hydroxylation is 1. The summed E-state index contributed by atoms with van der Waals surface area (Å²) >= 11 is 7.90. The molecule has 0 bridgehead atoms. The molecule has 1 amide bonds. The summed E-state index contributed by atoms with van der Waals surface area (Å²) in [6.45, 7) is 4.82. The lowest BCUT2D eigenvalue weighted by molar-refractivity contribution is -0.126. The number of amides is 1. The first-order valence-electron chi connectivity index (χ1n) is 9.99. The standard InChI is InChI=1S/C23H24ClN3O3S/c1-15-17(24)6-8-20-22(15)25-23(31-20)27-12-10-26(11-13-27)21(28)9-5-16-4-7-18(29-2)19(14-16)30-3/h4-9,14H,10-13H2,1-3H3/b9-5-. The van der Waals surface area contributed by atoms with Crippen molar-refractivity contribution < 1.29 is 14.3 Å². The Morgan fingerprint density at radius 1 is 1.10 bits per heavy atom. The van der Waals surface area contributed by atoms with E-state index in [1.165, 1.54) is 0 Å². The second-order valence-corrected chi connectivity index (χ2v) is 8.69. The lowest BCUT2D eigenvalue weighted by Crippen LogP contribution is -2.48. The number of rotatable bonds is 5. The van der Waals surface area contributed by atoms with Crippen molar-refractivity contribution in [3.63, 3.8) is 0 Å². The van der Waals surface area contributed by atoms with E-state index in [9.17, 15) is 4.79 Å². The molecule has 0 N–H and O–H groups in total. The first-order chi connectivity index (χ1) is 15.0. The Bertz CT molecular complexity index is 1140. The number of aromatic nitrogens is 1. The summed E-state index contributed by atoms with van der Waals surface area (Å²) in [6.07, 6.45) is 3.41. The van der Waals surface area contributed by atoms with Gasteiger partial charge in [0.25, 0.3) is 0 Å². The van der Waals surface area contributed by atoms with E-state index in [4.69, 9.17) is 26.1 Å². The smallest absolute Gasteiger partial charge is 0.246 e. The minimum absolute atomic E-state index is 0.00126. The molecule has 6 nitrogen and oxygen atoms in total. The molecule has 0 unspecified atom stereocenters. The van der Waals surface area contributed by atoms with E-state index in [2.05, 4.69) is 4.90 Å². The van der Waals surface area contributed by atoms with E-state index in [0.29, 0.717) is 24.6 Å². The molecule has 4 rings (SSSR count). The first kappa shape index (κ1) is 21.5. The largest absolute Gasteiger partial charge is 0.493 e. The van der Waals surface area contributed by atoms with Crippen LogP contribution in [0.3, 0.4) is 0 Å². The molecule has 1 saturated heterocycles. The van der Waals surface area contributed by atoms with E-state index in [0.717, 1.165) is 44.6 Å². The van der Waals surface area contributed by atoms with Gasteiger partial charge in [-0.25, -0.2) is 4.98 Å². The highest BCUT2D eigenvalue weighted by Crippen LogP contribution is 2.34. The monoisotopic (exact) mass is 457 g/mol. The summed E-state index contributed by atoms with van der Waals surface area (Å²) in [7, 11) is 3.19. The van der Waals surface area contributed by atoms with Gasteiger partial charge < -0.3 is 19.3 Å². The zero-order valence-electron chi connectivity index (χ0n) is 17.7. The van der Waals surface area contributed by atoms with Gasteiger partial charge in [0.1, 0.15) is 0 Å². The molecule has 0 spiro atoms. The van der Waals surface area contributed by atoms with Crippen molar-refractivity contribution >= 4 is 50.3 Å². The lowest BCUT2D eigenvalue weighted by Gasteiger charge is -2.34. The maximum Gasteiger partial charge on any atom is 0.246 e. The number of hydrogen-bond acceptors (Lipinski definition) is 6. The number of hydrogen-bond donors (Lipinski definition) is 0. The number of carbonyl (C=O) groups excluding carboxylic acids is 1. The van der Waals surface area contributed by atoms with Crippen molar-refractivity contribution in [3.8, 4) is 11.5 Å². The second kappa shape index (κ2) is 9.16. The molecule has 0 saturated carbocycles. The van der Waals surface area contributed by atoms with Crippen LogP contribution in [0.5, 0.6) is 11.5 Å². The molecular formula is C23H24ClN3O3S. The Kier molecular flexibility index (Phi) is 6.34. The molecular weight excluding hydrogens is 434 g/mol. The fraction of sp³-hybridized carbons (Fsp3) is 0.304. The zero-order chi connectivity index (χ0) is 22.0. The number of anilines is 1. The summed E-state index contributed by atoms with van der Waals surface area (Å²) in [4.78, 5) is 21.5. The number of fused-ring (bicyclic) bond motifs is 1. The number of piperazine rings is 1. The molecule has 31 heavy (non-hydrogen) atoms. The number of thiazole rings is 1. The van der Waals surface area contributed by atoms with Gasteiger partial charge in [0.2, 0.25) is 5.91 Å². The number of ether oxygens (including phenoxy) is 2. The van der Waals surface area contributed by atoms with Gasteiger partial charge in [0, 0.05) is 37.3 Å². The van der Waals surface area contributed by atoms with E-state index >= 15 is 0 Å². The third kappa shape index (κ3) is 4.48. The van der Waals surface area contributed by atoms with E-state index in [1.807, 2.05) is 42.2 Å². The molecule has 2 heterocycles. The second-order valence-electron chi connectivity index (χ2n) is 7.28. The van der Waals surface area contributed by atoms with Gasteiger partial charge in [-0.1, -0.05) is 29.0 Å². The average molecular weight is 458 g/mol. The summed E-state index contributed by atoms with van der Waals surface area (Å²) < 4.78 is 11.7. The Labute approximate surface area is 190 Å². The Morgan fingerprint density at radius 3 is 2.55 bits per heavy atom. The van der Waals surface area contributed by atoms with Gasteiger partial charge in [-0.15, -0.1) is 0 Å². The molecule has 0 radical (unpaired) electrons. The minimum atomic E-state index is 0.00126. The van der Waals surface area contributed by atoms with Crippen LogP contribution in [0.2, 0.25) is 5.02 Å². The number of methoxy groups -OCH3 is 2. The number of nitrogens with zero attached hydrogens (tertiary/aromatic N) is 3. The maximum atomic E-state index is 12.7. The van der Waals surface area contributed by atoms with Crippen LogP contribution in [0.4, 0.5) is 5.13 Å². The summed E-state index contributed by atoms with van der Waals surface area (Å²) in [5, 5.41) is 1.72. The Morgan fingerprint density at radius 2 is 1.84 bits per heavy atom. The molecule has 0 atom stereocenters. The van der Waals surface area contributed by atoms with Gasteiger partial charge in [0.05, 0.1) is 24.4 Å². The van der Waals surface area contributed by atoms with Crippen molar-refractivity contribution in [2.24, 2.45) is 0 Å². The van der Waals surface area contributed by atoms with Crippen molar-refractivity contribution in [3.05, 3.63) is 52.6 Å². The first-order valence-corrected chi connectivity index (χ1v) is 11.2. The fourth-order valence-electron chi connectivity index (χ4n) is 3.57. The zero-order valence-corrected chi connectivity index (χ0v) is 19.3. The van der Waals surface area contributed by atoms with Crippen molar-refractivity contribution in [2.45, 2.75) is 6.92 Å². The summed E-state index contributed by atoms with van der Waals surface area (Å²) in [5.41, 5.74) is 2.85. The van der Waals surface area contributed by atoms with Gasteiger partial charge in [-0.3, -0.25) is 4.79 Å². The van der Waals surface area contributed by atoms with Gasteiger partial charge in [-0.2, -0.15) is 0 Å². The molecule has 162 valence electrons. The topological polar surface area (TPSA) is 54.9 Å². The highest BCUT2D eigenvalue weighted by Gasteiger charge is 2.22. The number of benzene rings is 2. The fourth-order valence-corrected chi connectivity index (χ4v) is 4.80. The molecule has 1 aromatic heterocycles. The third-order valence-corrected chi connectivity index (χ3v) is 6.92. The van der Waals surface area contributed by atoms with Gasteiger partial charge in [0.15, 0.2) is 16.6 Å². The van der Waals surface area contributed by atoms with Crippen LogP contribution in [0.25, 0.3) is 16.3 Å². The lowest BCUT2D eigenvalue weighted by atomic mass is 10.2. The third-order valence-electron chi connectivity index (χ3n) is 5.42. The quantitative estimate of drug-likeness (QED) is 0.522. The minimum Gasteiger partial charge on any atom is -0.493 e. The highest BCUT2D eigenvalue weighted by atomic mass is 35.5. The molecule has 1 fully saturated rings. The number of halogens is 1. The highest BCUT2D eigenvalue weighted by molar-refractivity contribution is 7.22. The van der Waals surface area contributed by atoms with Crippen LogP contribution in [0.1, 0.15) is 11.1 Å². The summed E-state index contributed by atoms with van der Waals surface area (Å²) in [5.74, 6) is 1.30. The predicted octanol–water partition coefficient (Wildman–Crippen LogP) is 4.64. The summed E-state index contributed by atoms with van der Waals surface area (Å²) in [6, 6.07) is 9.51. The van der Waals surface area contributed by atoms with Crippen molar-refractivity contribution in [1.29, 1.82) is 0 Å². The molecule has 8 heteroatoms. The maximum absolute atomic E-state index is 12.7. The van der Waals surface area contributed by atoms with E-state index in [-0.39, 0.29) is 5.91 Å². The van der Waals surface area contributed by atoms with Crippen molar-refractivity contribution in [2.75, 3.05) is 45.3 Å². The molecule has 2 aromatic carbocycles. The van der Waals surface area contributed by atoms with Crippen LogP contribution >= 0.6 is 22.9 Å². The van der Waals surface area contributed by atoms with Crippen LogP contribution in [0, 0.1) is 6.92 Å². The van der Waals surface area contributed by atoms with Gasteiger partial charge in [-0.05, 0) is 48.4 Å². The SMILES string of the molecule is COc1ccc(/C=C\C(=O)N2CCN(c3nc4c(C)c(Cl)ccc4s3)CC2)cc1OC. The van der Waals surface area contributed by atoms with Crippen LogP contribution in [-0.2, 0) is 4.79 Å². The van der Waals surface area contributed by atoms with Gasteiger partial charge >= 0.3 is 0 Å². The van der Waals surface area contributed by atoms with Crippen molar-refractivity contribution in [1.82, 2.24) is 9.88 Å². The molecule has 3 aromatic rings. The molecule has 0 aliphatic carbocycles. The van der Waals surface area contributed by atoms with E-state index in [1.54, 1.807) is 37.7 Å². The van der Waals surface area contributed by atoms with E-state index < -0.39 is 0 Å². The molecule has 1 aliphatic heterocycles.